The summed E-state index contributed by atoms with van der Waals surface area (Å²) in [5, 5.41) is 0. The summed E-state index contributed by atoms with van der Waals surface area (Å²) < 4.78 is 4.80. The lowest BCUT2D eigenvalue weighted by atomic mass is 10.2. The Morgan fingerprint density at radius 3 is 2.00 bits per heavy atom. The maximum absolute atomic E-state index is 10.4. The maximum Gasteiger partial charge on any atom is 0.303 e. The summed E-state index contributed by atoms with van der Waals surface area (Å²) in [4.78, 5) is 9.73. The van der Waals surface area contributed by atoms with Crippen molar-refractivity contribution in [3.05, 3.63) is 0 Å². The molecule has 0 bridgehead atoms. The SMILES string of the molecule is CC(=O)OC(C)(C)C(Cl)Cl. The van der Waals surface area contributed by atoms with Crippen LogP contribution in [0.4, 0.5) is 0 Å². The highest BCUT2D eigenvalue weighted by atomic mass is 35.5. The number of carbonyl (C=O) groups excluding carboxylic acids is 1. The molecule has 0 aromatic carbocycles. The molecule has 0 aromatic heterocycles. The van der Waals surface area contributed by atoms with Gasteiger partial charge in [-0.05, 0) is 13.8 Å². The van der Waals surface area contributed by atoms with Crippen LogP contribution < -0.4 is 0 Å². The molecule has 0 aliphatic rings. The minimum Gasteiger partial charge on any atom is -0.457 e. The van der Waals surface area contributed by atoms with Crippen molar-refractivity contribution < 1.29 is 9.53 Å². The number of rotatable bonds is 2. The van der Waals surface area contributed by atoms with E-state index in [2.05, 4.69) is 0 Å². The van der Waals surface area contributed by atoms with Crippen molar-refractivity contribution in [2.75, 3.05) is 0 Å². The summed E-state index contributed by atoms with van der Waals surface area (Å²) in [5.41, 5.74) is -0.797. The fraction of sp³-hybridized carbons (Fsp3) is 0.833. The van der Waals surface area contributed by atoms with Crippen LogP contribution in [-0.4, -0.2) is 16.4 Å². The summed E-state index contributed by atoms with van der Waals surface area (Å²) in [6.07, 6.45) is 0. The molecule has 0 radical (unpaired) electrons. The first kappa shape index (κ1) is 10.0. The van der Waals surface area contributed by atoms with Gasteiger partial charge in [0.05, 0.1) is 0 Å². The highest BCUT2D eigenvalue weighted by Crippen LogP contribution is 2.23. The van der Waals surface area contributed by atoms with E-state index in [0.29, 0.717) is 0 Å². The Balaban J connectivity index is 3.99. The zero-order valence-corrected chi connectivity index (χ0v) is 7.66. The van der Waals surface area contributed by atoms with Crippen LogP contribution in [-0.2, 0) is 9.53 Å². The molecule has 0 aromatic rings. The second-order valence-corrected chi connectivity index (χ2v) is 3.59. The Labute approximate surface area is 70.4 Å². The summed E-state index contributed by atoms with van der Waals surface area (Å²) >= 11 is 11.0. The van der Waals surface area contributed by atoms with Gasteiger partial charge in [0.25, 0.3) is 0 Å². The second-order valence-electron chi connectivity index (χ2n) is 2.50. The third-order valence-electron chi connectivity index (χ3n) is 0.932. The van der Waals surface area contributed by atoms with Crippen LogP contribution in [0.3, 0.4) is 0 Å². The molecule has 0 atom stereocenters. The number of hydrogen-bond donors (Lipinski definition) is 0. The van der Waals surface area contributed by atoms with E-state index in [1.807, 2.05) is 0 Å². The standard InChI is InChI=1S/C6H10Cl2O2/c1-4(9)10-6(2,3)5(7)8/h5H,1-3H3. The van der Waals surface area contributed by atoms with E-state index < -0.39 is 10.4 Å². The average molecular weight is 185 g/mol. The molecule has 10 heavy (non-hydrogen) atoms. The van der Waals surface area contributed by atoms with Gasteiger partial charge in [-0.1, -0.05) is 0 Å². The zero-order valence-electron chi connectivity index (χ0n) is 6.15. The summed E-state index contributed by atoms with van der Waals surface area (Å²) in [6.45, 7) is 4.62. The Morgan fingerprint density at radius 2 is 1.90 bits per heavy atom. The van der Waals surface area contributed by atoms with Gasteiger partial charge < -0.3 is 4.74 Å². The van der Waals surface area contributed by atoms with Gasteiger partial charge in [-0.3, -0.25) is 4.79 Å². The molecule has 0 rings (SSSR count). The van der Waals surface area contributed by atoms with E-state index in [-0.39, 0.29) is 5.97 Å². The molecule has 2 nitrogen and oxygen atoms in total. The monoisotopic (exact) mass is 184 g/mol. The van der Waals surface area contributed by atoms with Crippen molar-refractivity contribution in [1.82, 2.24) is 0 Å². The topological polar surface area (TPSA) is 26.3 Å². The Hall–Kier alpha value is 0.0500. The van der Waals surface area contributed by atoms with Crippen LogP contribution in [0.2, 0.25) is 0 Å². The fourth-order valence-electron chi connectivity index (χ4n) is 0.415. The summed E-state index contributed by atoms with van der Waals surface area (Å²) in [6, 6.07) is 0. The Kier molecular flexibility index (Phi) is 3.46. The fourth-order valence-corrected chi connectivity index (χ4v) is 0.504. The normalized spacial score (nSPS) is 11.8. The lowest BCUT2D eigenvalue weighted by Gasteiger charge is -2.25. The van der Waals surface area contributed by atoms with E-state index in [1.54, 1.807) is 13.8 Å². The van der Waals surface area contributed by atoms with Crippen molar-refractivity contribution in [2.45, 2.75) is 31.2 Å². The van der Waals surface area contributed by atoms with Crippen LogP contribution in [0.15, 0.2) is 0 Å². The van der Waals surface area contributed by atoms with Gasteiger partial charge in [0.2, 0.25) is 0 Å². The number of esters is 1. The number of alkyl halides is 2. The van der Waals surface area contributed by atoms with Crippen molar-refractivity contribution in [3.8, 4) is 0 Å². The number of halogens is 2. The molecule has 0 saturated heterocycles. The molecule has 0 unspecified atom stereocenters. The maximum atomic E-state index is 10.4. The molecule has 0 fully saturated rings. The number of carbonyl (C=O) groups is 1. The molecular formula is C6H10Cl2O2. The van der Waals surface area contributed by atoms with Gasteiger partial charge in [0, 0.05) is 6.92 Å². The van der Waals surface area contributed by atoms with Gasteiger partial charge in [-0.15, -0.1) is 23.2 Å². The molecule has 4 heteroatoms. The molecular weight excluding hydrogens is 175 g/mol. The van der Waals surface area contributed by atoms with Crippen LogP contribution in [0, 0.1) is 0 Å². The first-order chi connectivity index (χ1) is 4.36. The van der Waals surface area contributed by atoms with Crippen molar-refractivity contribution in [2.24, 2.45) is 0 Å². The predicted octanol–water partition coefficient (Wildman–Crippen LogP) is 2.13. The van der Waals surface area contributed by atoms with Crippen molar-refractivity contribution in [1.29, 1.82) is 0 Å². The Bertz CT molecular complexity index is 132. The van der Waals surface area contributed by atoms with E-state index in [1.165, 1.54) is 6.92 Å². The van der Waals surface area contributed by atoms with Crippen LogP contribution in [0.5, 0.6) is 0 Å². The number of hydrogen-bond acceptors (Lipinski definition) is 2. The first-order valence-corrected chi connectivity index (χ1v) is 3.71. The van der Waals surface area contributed by atoms with Gasteiger partial charge >= 0.3 is 5.97 Å². The molecule has 0 spiro atoms. The lowest BCUT2D eigenvalue weighted by molar-refractivity contribution is -0.152. The zero-order chi connectivity index (χ0) is 8.36. The molecule has 0 aliphatic carbocycles. The van der Waals surface area contributed by atoms with E-state index >= 15 is 0 Å². The van der Waals surface area contributed by atoms with E-state index in [4.69, 9.17) is 27.9 Å². The highest BCUT2D eigenvalue weighted by Gasteiger charge is 2.28. The molecule has 0 amide bonds. The quantitative estimate of drug-likeness (QED) is 0.486. The summed E-state index contributed by atoms with van der Waals surface area (Å²) in [7, 11) is 0. The van der Waals surface area contributed by atoms with Crippen LogP contribution >= 0.6 is 23.2 Å². The second kappa shape index (κ2) is 3.44. The average Bonchev–Trinajstić information content (AvgIpc) is 1.60. The number of ether oxygens (including phenoxy) is 1. The third kappa shape index (κ3) is 3.28. The van der Waals surface area contributed by atoms with Crippen LogP contribution in [0.1, 0.15) is 20.8 Å². The molecule has 0 aliphatic heterocycles. The minimum atomic E-state index is -0.797. The van der Waals surface area contributed by atoms with Gasteiger partial charge in [-0.25, -0.2) is 0 Å². The Morgan fingerprint density at radius 1 is 1.50 bits per heavy atom. The van der Waals surface area contributed by atoms with E-state index in [9.17, 15) is 4.79 Å². The third-order valence-corrected chi connectivity index (χ3v) is 1.98. The predicted molar refractivity (Wildman–Crippen MR) is 41.3 cm³/mol. The molecule has 0 N–H and O–H groups in total. The first-order valence-electron chi connectivity index (χ1n) is 2.84. The van der Waals surface area contributed by atoms with Gasteiger partial charge in [0.1, 0.15) is 10.4 Å². The largest absolute Gasteiger partial charge is 0.457 e. The molecule has 60 valence electrons. The smallest absolute Gasteiger partial charge is 0.303 e. The lowest BCUT2D eigenvalue weighted by Crippen LogP contribution is -2.33. The minimum absolute atomic E-state index is 0.378. The molecule has 0 heterocycles. The highest BCUT2D eigenvalue weighted by molar-refractivity contribution is 6.45. The van der Waals surface area contributed by atoms with Crippen molar-refractivity contribution in [3.63, 3.8) is 0 Å². The van der Waals surface area contributed by atoms with Gasteiger partial charge in [-0.2, -0.15) is 0 Å². The van der Waals surface area contributed by atoms with Crippen LogP contribution in [0.25, 0.3) is 0 Å². The summed E-state index contributed by atoms with van der Waals surface area (Å²) in [5.74, 6) is -0.378. The molecule has 0 saturated carbocycles. The van der Waals surface area contributed by atoms with Crippen molar-refractivity contribution >= 4 is 29.2 Å². The van der Waals surface area contributed by atoms with E-state index in [0.717, 1.165) is 0 Å². The van der Waals surface area contributed by atoms with Gasteiger partial charge in [0.15, 0.2) is 0 Å².